The van der Waals surface area contributed by atoms with Crippen LogP contribution in [0.5, 0.6) is 0 Å². The number of benzene rings is 1. The van der Waals surface area contributed by atoms with E-state index in [1.165, 1.54) is 6.07 Å². The molecular weight excluding hydrogens is 261 g/mol. The van der Waals surface area contributed by atoms with Crippen molar-refractivity contribution in [1.29, 1.82) is 5.26 Å². The summed E-state index contributed by atoms with van der Waals surface area (Å²) in [4.78, 5) is 24.5. The van der Waals surface area contributed by atoms with E-state index in [-0.39, 0.29) is 17.2 Å². The Kier molecular flexibility index (Phi) is 3.70. The summed E-state index contributed by atoms with van der Waals surface area (Å²) in [6.07, 6.45) is 0. The van der Waals surface area contributed by atoms with Crippen LogP contribution in [0, 0.1) is 23.1 Å². The smallest absolute Gasteiger partial charge is 0.296 e. The number of hydrogen-bond donors (Lipinski definition) is 1. The Morgan fingerprint density at radius 1 is 1.45 bits per heavy atom. The summed E-state index contributed by atoms with van der Waals surface area (Å²) in [5.74, 6) is -2.29. The Balaban J connectivity index is 2.39. The maximum absolute atomic E-state index is 14.1. The van der Waals surface area contributed by atoms with E-state index >= 15 is 0 Å². The molecule has 20 heavy (non-hydrogen) atoms. The molecule has 1 heterocycles. The van der Waals surface area contributed by atoms with Gasteiger partial charge < -0.3 is 10.2 Å². The van der Waals surface area contributed by atoms with Crippen molar-refractivity contribution >= 4 is 23.1 Å². The number of Topliss-reactive ketones (excluding diaryl/α,β-unsaturated/α-hetero) is 1. The predicted octanol–water partition coefficient (Wildman–Crippen LogP) is 1.95. The van der Waals surface area contributed by atoms with Gasteiger partial charge in [-0.3, -0.25) is 9.59 Å². The lowest BCUT2D eigenvalue weighted by Gasteiger charge is -2.25. The quantitative estimate of drug-likeness (QED) is 0.852. The Morgan fingerprint density at radius 3 is 2.75 bits per heavy atom. The van der Waals surface area contributed by atoms with Gasteiger partial charge in [0.15, 0.2) is 0 Å². The number of nitriles is 1. The Morgan fingerprint density at radius 2 is 2.15 bits per heavy atom. The van der Waals surface area contributed by atoms with E-state index in [1.54, 1.807) is 11.8 Å². The van der Waals surface area contributed by atoms with Crippen molar-refractivity contribution in [3.8, 4) is 6.07 Å². The van der Waals surface area contributed by atoms with Crippen molar-refractivity contribution in [3.05, 3.63) is 23.5 Å². The van der Waals surface area contributed by atoms with Gasteiger partial charge in [-0.05, 0) is 26.0 Å². The molecule has 104 valence electrons. The molecule has 1 amide bonds. The number of nitrogens with one attached hydrogen (secondary N) is 1. The molecular formula is C14H14FN3O2. The zero-order chi connectivity index (χ0) is 14.9. The lowest BCUT2D eigenvalue weighted by Crippen LogP contribution is -2.28. The van der Waals surface area contributed by atoms with Crippen molar-refractivity contribution in [2.24, 2.45) is 5.92 Å². The molecule has 1 aliphatic heterocycles. The van der Waals surface area contributed by atoms with Gasteiger partial charge in [0.2, 0.25) is 0 Å². The molecule has 6 heteroatoms. The fourth-order valence-corrected chi connectivity index (χ4v) is 2.17. The number of fused-ring (bicyclic) bond motifs is 1. The van der Waals surface area contributed by atoms with Gasteiger partial charge in [-0.2, -0.15) is 5.26 Å². The molecule has 0 bridgehead atoms. The van der Waals surface area contributed by atoms with Gasteiger partial charge in [0.05, 0.1) is 28.9 Å². The number of hydrogen-bond acceptors (Lipinski definition) is 4. The molecule has 1 unspecified atom stereocenters. The monoisotopic (exact) mass is 275 g/mol. The third-order valence-electron chi connectivity index (χ3n) is 3.22. The molecule has 0 aromatic heterocycles. The van der Waals surface area contributed by atoms with Crippen LogP contribution in [0.25, 0.3) is 0 Å². The largest absolute Gasteiger partial charge is 0.368 e. The van der Waals surface area contributed by atoms with Gasteiger partial charge in [-0.1, -0.05) is 0 Å². The summed E-state index contributed by atoms with van der Waals surface area (Å²) in [7, 11) is 0. The molecule has 1 aromatic carbocycles. The number of ketones is 1. The SMILES string of the molecule is CCN(CC(C)C#N)c1cc2c(cc1F)C(=O)C(=O)N2. The maximum atomic E-state index is 14.1. The fourth-order valence-electron chi connectivity index (χ4n) is 2.17. The molecule has 0 fully saturated rings. The average molecular weight is 275 g/mol. The molecule has 0 saturated carbocycles. The van der Waals surface area contributed by atoms with Crippen molar-refractivity contribution in [1.82, 2.24) is 0 Å². The predicted molar refractivity (Wildman–Crippen MR) is 72.0 cm³/mol. The van der Waals surface area contributed by atoms with E-state index in [0.717, 1.165) is 6.07 Å². The first-order chi connectivity index (χ1) is 9.47. The average Bonchev–Trinajstić information content (AvgIpc) is 2.70. The first kappa shape index (κ1) is 14.0. The number of carbonyl (C=O) groups is 2. The normalized spacial score (nSPS) is 14.5. The third kappa shape index (κ3) is 2.35. The van der Waals surface area contributed by atoms with Crippen LogP contribution in [0.1, 0.15) is 24.2 Å². The minimum Gasteiger partial charge on any atom is -0.368 e. The Labute approximate surface area is 116 Å². The Hall–Kier alpha value is -2.42. The zero-order valence-corrected chi connectivity index (χ0v) is 11.2. The molecule has 1 aromatic rings. The highest BCUT2D eigenvalue weighted by atomic mass is 19.1. The van der Waals surface area contributed by atoms with Gasteiger partial charge in [0, 0.05) is 13.1 Å². The first-order valence-corrected chi connectivity index (χ1v) is 6.31. The lowest BCUT2D eigenvalue weighted by atomic mass is 10.1. The number of nitrogens with zero attached hydrogens (tertiary/aromatic N) is 2. The van der Waals surface area contributed by atoms with E-state index in [2.05, 4.69) is 11.4 Å². The second-order valence-electron chi connectivity index (χ2n) is 4.70. The van der Waals surface area contributed by atoms with E-state index in [0.29, 0.717) is 18.8 Å². The molecule has 5 nitrogen and oxygen atoms in total. The van der Waals surface area contributed by atoms with Crippen LogP contribution < -0.4 is 10.2 Å². The van der Waals surface area contributed by atoms with Crippen molar-refractivity contribution < 1.29 is 14.0 Å². The zero-order valence-electron chi connectivity index (χ0n) is 11.2. The molecule has 0 aliphatic carbocycles. The summed E-state index contributed by atoms with van der Waals surface area (Å²) in [6.45, 7) is 4.49. The fraction of sp³-hybridized carbons (Fsp3) is 0.357. The van der Waals surface area contributed by atoms with Crippen molar-refractivity contribution in [3.63, 3.8) is 0 Å². The second-order valence-corrected chi connectivity index (χ2v) is 4.70. The minimum atomic E-state index is -0.745. The number of halogens is 1. The summed E-state index contributed by atoms with van der Waals surface area (Å²) >= 11 is 0. The highest BCUT2D eigenvalue weighted by molar-refractivity contribution is 6.51. The van der Waals surface area contributed by atoms with E-state index in [4.69, 9.17) is 5.26 Å². The number of anilines is 2. The molecule has 2 rings (SSSR count). The van der Waals surface area contributed by atoms with Gasteiger partial charge in [0.25, 0.3) is 11.7 Å². The summed E-state index contributed by atoms with van der Waals surface area (Å²) in [5.41, 5.74) is 0.656. The number of amides is 1. The van der Waals surface area contributed by atoms with Gasteiger partial charge in [-0.15, -0.1) is 0 Å². The van der Waals surface area contributed by atoms with E-state index in [9.17, 15) is 14.0 Å². The van der Waals surface area contributed by atoms with Gasteiger partial charge in [0.1, 0.15) is 5.82 Å². The van der Waals surface area contributed by atoms with Crippen LogP contribution in [-0.4, -0.2) is 24.8 Å². The second kappa shape index (κ2) is 5.29. The molecule has 0 saturated heterocycles. The highest BCUT2D eigenvalue weighted by Gasteiger charge is 2.30. The van der Waals surface area contributed by atoms with Crippen LogP contribution in [0.2, 0.25) is 0 Å². The van der Waals surface area contributed by atoms with Crippen LogP contribution >= 0.6 is 0 Å². The van der Waals surface area contributed by atoms with Crippen LogP contribution in [-0.2, 0) is 4.79 Å². The molecule has 1 N–H and O–H groups in total. The lowest BCUT2D eigenvalue weighted by molar-refractivity contribution is -0.112. The summed E-state index contributed by atoms with van der Waals surface area (Å²) in [6, 6.07) is 4.62. The third-order valence-corrected chi connectivity index (χ3v) is 3.22. The topological polar surface area (TPSA) is 73.2 Å². The molecule has 0 spiro atoms. The van der Waals surface area contributed by atoms with Crippen molar-refractivity contribution in [2.45, 2.75) is 13.8 Å². The van der Waals surface area contributed by atoms with Crippen LogP contribution in [0.15, 0.2) is 12.1 Å². The number of carbonyl (C=O) groups excluding carboxylic acids is 2. The van der Waals surface area contributed by atoms with Gasteiger partial charge >= 0.3 is 0 Å². The summed E-state index contributed by atoms with van der Waals surface area (Å²) in [5, 5.41) is 11.3. The highest BCUT2D eigenvalue weighted by Crippen LogP contribution is 2.31. The van der Waals surface area contributed by atoms with Crippen LogP contribution in [0.4, 0.5) is 15.8 Å². The standard InChI is InChI=1S/C14H14FN3O2/c1-3-18(7-8(2)6-16)12-5-11-9(4-10(12)15)13(19)14(20)17-11/h4-5,8H,3,7H2,1-2H3,(H,17,19,20). The minimum absolute atomic E-state index is 0.0561. The van der Waals surface area contributed by atoms with Crippen molar-refractivity contribution in [2.75, 3.05) is 23.3 Å². The molecule has 1 aliphatic rings. The van der Waals surface area contributed by atoms with E-state index < -0.39 is 17.5 Å². The van der Waals surface area contributed by atoms with Crippen LogP contribution in [0.3, 0.4) is 0 Å². The van der Waals surface area contributed by atoms with E-state index in [1.807, 2.05) is 6.92 Å². The maximum Gasteiger partial charge on any atom is 0.296 e. The molecule has 1 atom stereocenters. The Bertz CT molecular complexity index is 622. The first-order valence-electron chi connectivity index (χ1n) is 6.31. The molecule has 0 radical (unpaired) electrons. The number of rotatable bonds is 4. The van der Waals surface area contributed by atoms with Gasteiger partial charge in [-0.25, -0.2) is 4.39 Å². The summed E-state index contributed by atoms with van der Waals surface area (Å²) < 4.78 is 14.1.